The molecule has 0 saturated heterocycles. The molecule has 0 aliphatic heterocycles. The molecule has 3 nitrogen and oxygen atoms in total. The standard InChI is InChI=1S/C14H10F3NO2/c1-20-13(19)11-6-10(9-2-4-18-5-3-9)7-12(8-11)14(15,16)17/h2-8H,1H3. The number of hydrogen-bond acceptors (Lipinski definition) is 3. The Balaban J connectivity index is 2.60. The Hall–Kier alpha value is -2.37. The fourth-order valence-electron chi connectivity index (χ4n) is 1.74. The highest BCUT2D eigenvalue weighted by Gasteiger charge is 2.32. The molecule has 0 aliphatic rings. The molecule has 2 aromatic rings. The van der Waals surface area contributed by atoms with Crippen molar-refractivity contribution in [2.24, 2.45) is 0 Å². The Morgan fingerprint density at radius 2 is 1.75 bits per heavy atom. The van der Waals surface area contributed by atoms with Crippen LogP contribution >= 0.6 is 0 Å². The van der Waals surface area contributed by atoms with E-state index in [0.717, 1.165) is 19.2 Å². The SMILES string of the molecule is COC(=O)c1cc(-c2ccncc2)cc(C(F)(F)F)c1. The summed E-state index contributed by atoms with van der Waals surface area (Å²) in [6.07, 6.45) is -1.60. The van der Waals surface area contributed by atoms with Gasteiger partial charge >= 0.3 is 12.1 Å². The number of pyridine rings is 1. The van der Waals surface area contributed by atoms with E-state index in [0.29, 0.717) is 5.56 Å². The number of carbonyl (C=O) groups excluding carboxylic acids is 1. The van der Waals surface area contributed by atoms with Crippen LogP contribution in [0, 0.1) is 0 Å². The highest BCUT2D eigenvalue weighted by Crippen LogP contribution is 2.33. The fraction of sp³-hybridized carbons (Fsp3) is 0.143. The molecule has 0 fully saturated rings. The number of methoxy groups -OCH3 is 1. The smallest absolute Gasteiger partial charge is 0.416 e. The second-order valence-electron chi connectivity index (χ2n) is 4.02. The first-order chi connectivity index (χ1) is 9.41. The van der Waals surface area contributed by atoms with Gasteiger partial charge in [-0.05, 0) is 41.5 Å². The van der Waals surface area contributed by atoms with Crippen molar-refractivity contribution in [3.63, 3.8) is 0 Å². The van der Waals surface area contributed by atoms with Crippen LogP contribution in [0.25, 0.3) is 11.1 Å². The first-order valence-corrected chi connectivity index (χ1v) is 5.63. The lowest BCUT2D eigenvalue weighted by molar-refractivity contribution is -0.137. The third kappa shape index (κ3) is 2.96. The predicted octanol–water partition coefficient (Wildman–Crippen LogP) is 3.55. The van der Waals surface area contributed by atoms with Crippen molar-refractivity contribution in [1.29, 1.82) is 0 Å². The van der Waals surface area contributed by atoms with Crippen molar-refractivity contribution >= 4 is 5.97 Å². The number of alkyl halides is 3. The van der Waals surface area contributed by atoms with Crippen molar-refractivity contribution in [2.45, 2.75) is 6.18 Å². The third-order valence-electron chi connectivity index (χ3n) is 2.70. The summed E-state index contributed by atoms with van der Waals surface area (Å²) in [6.45, 7) is 0. The van der Waals surface area contributed by atoms with Gasteiger partial charge in [-0.25, -0.2) is 4.79 Å². The maximum atomic E-state index is 12.9. The van der Waals surface area contributed by atoms with Crippen molar-refractivity contribution in [3.8, 4) is 11.1 Å². The largest absolute Gasteiger partial charge is 0.465 e. The molecule has 104 valence electrons. The minimum atomic E-state index is -4.54. The summed E-state index contributed by atoms with van der Waals surface area (Å²) in [6, 6.07) is 6.25. The van der Waals surface area contributed by atoms with Crippen LogP contribution in [0.2, 0.25) is 0 Å². The maximum absolute atomic E-state index is 12.9. The molecule has 1 aromatic carbocycles. The number of ether oxygens (including phenoxy) is 1. The third-order valence-corrected chi connectivity index (χ3v) is 2.70. The van der Waals surface area contributed by atoms with Crippen LogP contribution in [-0.4, -0.2) is 18.1 Å². The summed E-state index contributed by atoms with van der Waals surface area (Å²) in [5.41, 5.74) is -0.222. The molecule has 0 bridgehead atoms. The number of benzene rings is 1. The van der Waals surface area contributed by atoms with Crippen molar-refractivity contribution in [3.05, 3.63) is 53.9 Å². The number of aromatic nitrogens is 1. The summed E-state index contributed by atoms with van der Waals surface area (Å²) in [4.78, 5) is 15.3. The van der Waals surface area contributed by atoms with Crippen molar-refractivity contribution < 1.29 is 22.7 Å². The van der Waals surface area contributed by atoms with Crippen LogP contribution in [0.3, 0.4) is 0 Å². The summed E-state index contributed by atoms with van der Waals surface area (Å²) in [5, 5.41) is 0. The Kier molecular flexibility index (Phi) is 3.74. The molecule has 0 unspecified atom stereocenters. The quantitative estimate of drug-likeness (QED) is 0.790. The van der Waals surface area contributed by atoms with E-state index in [9.17, 15) is 18.0 Å². The molecule has 6 heteroatoms. The zero-order chi connectivity index (χ0) is 14.8. The lowest BCUT2D eigenvalue weighted by Crippen LogP contribution is -2.09. The average Bonchev–Trinajstić information content (AvgIpc) is 2.46. The molecule has 0 atom stereocenters. The molecule has 0 saturated carbocycles. The van der Waals surface area contributed by atoms with E-state index < -0.39 is 17.7 Å². The zero-order valence-corrected chi connectivity index (χ0v) is 10.4. The highest BCUT2D eigenvalue weighted by molar-refractivity contribution is 5.91. The zero-order valence-electron chi connectivity index (χ0n) is 10.4. The molecule has 1 aromatic heterocycles. The minimum Gasteiger partial charge on any atom is -0.465 e. The van der Waals surface area contributed by atoms with Gasteiger partial charge in [0.15, 0.2) is 0 Å². The van der Waals surface area contributed by atoms with Crippen LogP contribution in [0.15, 0.2) is 42.7 Å². The molecule has 1 heterocycles. The Morgan fingerprint density at radius 3 is 2.30 bits per heavy atom. The van der Waals surface area contributed by atoms with Gasteiger partial charge in [-0.3, -0.25) is 4.98 Å². The number of hydrogen-bond donors (Lipinski definition) is 0. The Labute approximate surface area is 113 Å². The first kappa shape index (κ1) is 14.0. The van der Waals surface area contributed by atoms with E-state index >= 15 is 0 Å². The van der Waals surface area contributed by atoms with Gasteiger partial charge in [0.2, 0.25) is 0 Å². The monoisotopic (exact) mass is 281 g/mol. The lowest BCUT2D eigenvalue weighted by Gasteiger charge is -2.11. The van der Waals surface area contributed by atoms with Gasteiger partial charge in [0.25, 0.3) is 0 Å². The number of esters is 1. The molecule has 20 heavy (non-hydrogen) atoms. The lowest BCUT2D eigenvalue weighted by atomic mass is 10.0. The van der Waals surface area contributed by atoms with E-state index in [1.54, 1.807) is 12.1 Å². The maximum Gasteiger partial charge on any atom is 0.416 e. The second-order valence-corrected chi connectivity index (χ2v) is 4.02. The second kappa shape index (κ2) is 5.32. The van der Waals surface area contributed by atoms with Crippen LogP contribution in [0.5, 0.6) is 0 Å². The normalized spacial score (nSPS) is 11.2. The van der Waals surface area contributed by atoms with Crippen LogP contribution in [0.4, 0.5) is 13.2 Å². The van der Waals surface area contributed by atoms with Gasteiger partial charge in [0.1, 0.15) is 0 Å². The molecule has 2 rings (SSSR count). The summed E-state index contributed by atoms with van der Waals surface area (Å²) in [7, 11) is 1.12. The summed E-state index contributed by atoms with van der Waals surface area (Å²) in [5.74, 6) is -0.814. The molecule has 0 spiro atoms. The average molecular weight is 281 g/mol. The molecule has 0 radical (unpaired) electrons. The number of rotatable bonds is 2. The van der Waals surface area contributed by atoms with E-state index in [4.69, 9.17) is 0 Å². The summed E-state index contributed by atoms with van der Waals surface area (Å²) < 4.78 is 43.1. The Bertz CT molecular complexity index is 624. The van der Waals surface area contributed by atoms with Gasteiger partial charge in [0, 0.05) is 12.4 Å². The van der Waals surface area contributed by atoms with Gasteiger partial charge in [-0.2, -0.15) is 13.2 Å². The minimum absolute atomic E-state index is 0.144. The van der Waals surface area contributed by atoms with E-state index in [-0.39, 0.29) is 11.1 Å². The van der Waals surface area contributed by atoms with Gasteiger partial charge < -0.3 is 4.74 Å². The van der Waals surface area contributed by atoms with E-state index in [1.165, 1.54) is 18.5 Å². The van der Waals surface area contributed by atoms with Crippen molar-refractivity contribution in [1.82, 2.24) is 4.98 Å². The molecular weight excluding hydrogens is 271 g/mol. The molecule has 0 aliphatic carbocycles. The molecular formula is C14H10F3NO2. The first-order valence-electron chi connectivity index (χ1n) is 5.63. The Morgan fingerprint density at radius 1 is 1.10 bits per heavy atom. The van der Waals surface area contributed by atoms with E-state index in [1.807, 2.05) is 0 Å². The predicted molar refractivity (Wildman–Crippen MR) is 66.0 cm³/mol. The fourth-order valence-corrected chi connectivity index (χ4v) is 1.74. The number of nitrogens with zero attached hydrogens (tertiary/aromatic N) is 1. The van der Waals surface area contributed by atoms with Crippen LogP contribution in [0.1, 0.15) is 15.9 Å². The van der Waals surface area contributed by atoms with Crippen LogP contribution < -0.4 is 0 Å². The van der Waals surface area contributed by atoms with Crippen LogP contribution in [-0.2, 0) is 10.9 Å². The van der Waals surface area contributed by atoms with Gasteiger partial charge in [-0.1, -0.05) is 0 Å². The van der Waals surface area contributed by atoms with Crippen molar-refractivity contribution in [2.75, 3.05) is 7.11 Å². The van der Waals surface area contributed by atoms with Gasteiger partial charge in [0.05, 0.1) is 18.2 Å². The number of carbonyl (C=O) groups is 1. The summed E-state index contributed by atoms with van der Waals surface area (Å²) >= 11 is 0. The topological polar surface area (TPSA) is 39.2 Å². The molecule has 0 amide bonds. The van der Waals surface area contributed by atoms with E-state index in [2.05, 4.69) is 9.72 Å². The highest BCUT2D eigenvalue weighted by atomic mass is 19.4. The van der Waals surface area contributed by atoms with Gasteiger partial charge in [-0.15, -0.1) is 0 Å². The molecule has 0 N–H and O–H groups in total. The number of halogens is 3.